The highest BCUT2D eigenvalue weighted by Crippen LogP contribution is 2.61. The highest BCUT2D eigenvalue weighted by molar-refractivity contribution is 5.76. The van der Waals surface area contributed by atoms with Crippen LogP contribution in [0.15, 0.2) is 11.6 Å². The van der Waals surface area contributed by atoms with Gasteiger partial charge in [0.1, 0.15) is 6.29 Å². The van der Waals surface area contributed by atoms with Crippen LogP contribution in [-0.2, 0) is 14.3 Å². The van der Waals surface area contributed by atoms with Gasteiger partial charge in [0.05, 0.1) is 13.0 Å². The van der Waals surface area contributed by atoms with Crippen LogP contribution in [0, 0.1) is 22.7 Å². The molecule has 2 aliphatic carbocycles. The van der Waals surface area contributed by atoms with Crippen molar-refractivity contribution in [3.05, 3.63) is 11.6 Å². The monoisotopic (exact) mass is 292 g/mol. The van der Waals surface area contributed by atoms with Crippen molar-refractivity contribution < 1.29 is 14.3 Å². The van der Waals surface area contributed by atoms with E-state index in [0.29, 0.717) is 24.9 Å². The van der Waals surface area contributed by atoms with Gasteiger partial charge in [0.2, 0.25) is 0 Å². The number of fused-ring (bicyclic) bond motifs is 1. The molecule has 0 bridgehead atoms. The molecule has 3 heteroatoms. The van der Waals surface area contributed by atoms with E-state index < -0.39 is 0 Å². The molecule has 0 radical (unpaired) electrons. The number of carbonyl (C=O) groups is 2. The molecule has 118 valence electrons. The first-order chi connectivity index (χ1) is 9.88. The number of rotatable bonds is 4. The summed E-state index contributed by atoms with van der Waals surface area (Å²) in [6.07, 6.45) is 7.72. The van der Waals surface area contributed by atoms with Crippen molar-refractivity contribution >= 4 is 12.3 Å². The molecule has 0 saturated heterocycles. The summed E-state index contributed by atoms with van der Waals surface area (Å²) in [5.74, 6) is 0.757. The van der Waals surface area contributed by atoms with Crippen LogP contribution in [0.5, 0.6) is 0 Å². The molecule has 0 spiro atoms. The zero-order valence-corrected chi connectivity index (χ0v) is 13.8. The van der Waals surface area contributed by atoms with Crippen LogP contribution in [0.2, 0.25) is 0 Å². The fourth-order valence-corrected chi connectivity index (χ4v) is 4.73. The van der Waals surface area contributed by atoms with E-state index in [2.05, 4.69) is 26.8 Å². The van der Waals surface area contributed by atoms with Gasteiger partial charge >= 0.3 is 5.97 Å². The number of carbonyl (C=O) groups excluding carboxylic acids is 2. The zero-order chi connectivity index (χ0) is 15.7. The molecule has 2 rings (SSSR count). The van der Waals surface area contributed by atoms with E-state index in [1.165, 1.54) is 0 Å². The van der Waals surface area contributed by atoms with Gasteiger partial charge < -0.3 is 4.74 Å². The molecule has 1 saturated carbocycles. The van der Waals surface area contributed by atoms with Crippen LogP contribution in [-0.4, -0.2) is 18.9 Å². The molecule has 0 amide bonds. The summed E-state index contributed by atoms with van der Waals surface area (Å²) in [5.41, 5.74) is 0.788. The van der Waals surface area contributed by atoms with Gasteiger partial charge in [-0.25, -0.2) is 0 Å². The van der Waals surface area contributed by atoms with Crippen LogP contribution in [0.4, 0.5) is 0 Å². The van der Waals surface area contributed by atoms with Crippen LogP contribution in [0.25, 0.3) is 0 Å². The predicted molar refractivity (Wildman–Crippen MR) is 82.7 cm³/mol. The Kier molecular flexibility index (Phi) is 4.60. The van der Waals surface area contributed by atoms with Crippen molar-refractivity contribution in [2.75, 3.05) is 6.61 Å². The van der Waals surface area contributed by atoms with Gasteiger partial charge in [0, 0.05) is 0 Å². The Morgan fingerprint density at radius 2 is 2.14 bits per heavy atom. The van der Waals surface area contributed by atoms with E-state index in [1.807, 2.05) is 6.92 Å². The van der Waals surface area contributed by atoms with Crippen molar-refractivity contribution in [3.8, 4) is 0 Å². The number of hydrogen-bond donors (Lipinski definition) is 0. The minimum Gasteiger partial charge on any atom is -0.466 e. The molecule has 0 aromatic rings. The van der Waals surface area contributed by atoms with Gasteiger partial charge in [-0.2, -0.15) is 0 Å². The Balaban J connectivity index is 2.33. The largest absolute Gasteiger partial charge is 0.466 e. The van der Waals surface area contributed by atoms with Crippen molar-refractivity contribution in [2.45, 2.75) is 59.8 Å². The normalized spacial score (nSPS) is 39.1. The summed E-state index contributed by atoms with van der Waals surface area (Å²) in [5, 5.41) is 0. The molecule has 4 atom stereocenters. The third-order valence-corrected chi connectivity index (χ3v) is 6.22. The lowest BCUT2D eigenvalue weighted by Crippen LogP contribution is -2.51. The lowest BCUT2D eigenvalue weighted by molar-refractivity contribution is -0.151. The number of hydrogen-bond acceptors (Lipinski definition) is 3. The van der Waals surface area contributed by atoms with Gasteiger partial charge in [0.15, 0.2) is 0 Å². The summed E-state index contributed by atoms with van der Waals surface area (Å²) < 4.78 is 5.20. The van der Waals surface area contributed by atoms with Gasteiger partial charge in [-0.05, 0) is 60.8 Å². The Morgan fingerprint density at radius 3 is 2.76 bits per heavy atom. The van der Waals surface area contributed by atoms with Crippen molar-refractivity contribution in [3.63, 3.8) is 0 Å². The minimum atomic E-state index is -0.0988. The van der Waals surface area contributed by atoms with Crippen LogP contribution < -0.4 is 0 Å². The molecule has 0 unspecified atom stereocenters. The molecular weight excluding hydrogens is 264 g/mol. The molecule has 0 aliphatic heterocycles. The van der Waals surface area contributed by atoms with Crippen LogP contribution in [0.1, 0.15) is 59.8 Å². The highest BCUT2D eigenvalue weighted by Gasteiger charge is 2.54. The SMILES string of the molecule is CCOC(=O)C[C@]1(C)[C@H](C)CC[C@]2(C)C(C=O)=CCC[C@@H]12. The quantitative estimate of drug-likeness (QED) is 0.582. The lowest BCUT2D eigenvalue weighted by Gasteiger charge is -2.57. The van der Waals surface area contributed by atoms with E-state index in [9.17, 15) is 9.59 Å². The first kappa shape index (κ1) is 16.3. The van der Waals surface area contributed by atoms with Gasteiger partial charge in [0.25, 0.3) is 0 Å². The van der Waals surface area contributed by atoms with E-state index >= 15 is 0 Å². The average molecular weight is 292 g/mol. The standard InChI is InChI=1S/C18H28O3/c1-5-21-16(20)11-18(4)13(2)9-10-17(3)14(12-19)7-6-8-15(17)18/h7,12-13,15H,5-6,8-11H2,1-4H3/t13-,15-,17-,18-/m1/s1. The third kappa shape index (κ3) is 2.67. The summed E-state index contributed by atoms with van der Waals surface area (Å²) >= 11 is 0. The fraction of sp³-hybridized carbons (Fsp3) is 0.778. The Labute approximate surface area is 128 Å². The fourth-order valence-electron chi connectivity index (χ4n) is 4.73. The van der Waals surface area contributed by atoms with Crippen LogP contribution >= 0.6 is 0 Å². The second-order valence-electron chi connectivity index (χ2n) is 7.25. The molecule has 21 heavy (non-hydrogen) atoms. The molecule has 0 aromatic carbocycles. The van der Waals surface area contributed by atoms with E-state index in [0.717, 1.165) is 37.5 Å². The Morgan fingerprint density at radius 1 is 1.43 bits per heavy atom. The molecule has 0 aromatic heterocycles. The maximum atomic E-state index is 12.1. The Hall–Kier alpha value is -1.12. The van der Waals surface area contributed by atoms with Gasteiger partial charge in [-0.15, -0.1) is 0 Å². The minimum absolute atomic E-state index is 0.0756. The van der Waals surface area contributed by atoms with Crippen LogP contribution in [0.3, 0.4) is 0 Å². The van der Waals surface area contributed by atoms with Crippen molar-refractivity contribution in [2.24, 2.45) is 22.7 Å². The number of aldehydes is 1. The molecule has 1 fully saturated rings. The summed E-state index contributed by atoms with van der Waals surface area (Å²) in [7, 11) is 0. The van der Waals surface area contributed by atoms with Crippen molar-refractivity contribution in [1.82, 2.24) is 0 Å². The lowest BCUT2D eigenvalue weighted by atomic mass is 9.47. The topological polar surface area (TPSA) is 43.4 Å². The third-order valence-electron chi connectivity index (χ3n) is 6.22. The highest BCUT2D eigenvalue weighted by atomic mass is 16.5. The average Bonchev–Trinajstić information content (AvgIpc) is 2.43. The second kappa shape index (κ2) is 5.94. The molecule has 2 aliphatic rings. The first-order valence-electron chi connectivity index (χ1n) is 8.20. The summed E-state index contributed by atoms with van der Waals surface area (Å²) in [6.45, 7) is 8.97. The van der Waals surface area contributed by atoms with Crippen molar-refractivity contribution in [1.29, 1.82) is 0 Å². The first-order valence-corrected chi connectivity index (χ1v) is 8.20. The maximum absolute atomic E-state index is 12.1. The Bertz CT molecular complexity index is 453. The van der Waals surface area contributed by atoms with E-state index in [4.69, 9.17) is 4.74 Å². The van der Waals surface area contributed by atoms with E-state index in [-0.39, 0.29) is 16.8 Å². The molecular formula is C18H28O3. The van der Waals surface area contributed by atoms with E-state index in [1.54, 1.807) is 0 Å². The van der Waals surface area contributed by atoms with Gasteiger partial charge in [-0.1, -0.05) is 26.8 Å². The molecule has 0 heterocycles. The number of esters is 1. The molecule has 3 nitrogen and oxygen atoms in total. The van der Waals surface area contributed by atoms with Gasteiger partial charge in [-0.3, -0.25) is 9.59 Å². The zero-order valence-electron chi connectivity index (χ0n) is 13.8. The maximum Gasteiger partial charge on any atom is 0.306 e. The predicted octanol–water partition coefficient (Wildman–Crippen LogP) is 3.92. The molecule has 0 N–H and O–H groups in total. The number of allylic oxidation sites excluding steroid dienone is 2. The smallest absolute Gasteiger partial charge is 0.306 e. The number of ether oxygens (including phenoxy) is 1. The summed E-state index contributed by atoms with van der Waals surface area (Å²) in [4.78, 5) is 23.6. The second-order valence-corrected chi connectivity index (χ2v) is 7.25. The summed E-state index contributed by atoms with van der Waals surface area (Å²) in [6, 6.07) is 0.